The van der Waals surface area contributed by atoms with E-state index in [4.69, 9.17) is 11.6 Å². The molecule has 2 aromatic heterocycles. The van der Waals surface area contributed by atoms with Crippen LogP contribution in [0.15, 0.2) is 55.0 Å². The van der Waals surface area contributed by atoms with Gasteiger partial charge in [0.15, 0.2) is 0 Å². The first-order valence-electron chi connectivity index (χ1n) is 8.87. The van der Waals surface area contributed by atoms with Crippen molar-refractivity contribution < 1.29 is 4.79 Å². The molecule has 4 rings (SSSR count). The number of nitrogens with zero attached hydrogens (tertiary/aromatic N) is 4. The van der Waals surface area contributed by atoms with Crippen molar-refractivity contribution in [3.05, 3.63) is 76.8 Å². The number of piperazine rings is 1. The van der Waals surface area contributed by atoms with E-state index in [-0.39, 0.29) is 11.9 Å². The molecule has 0 aliphatic carbocycles. The van der Waals surface area contributed by atoms with Gasteiger partial charge >= 0.3 is 0 Å². The Morgan fingerprint density at radius 1 is 1.22 bits per heavy atom. The molecule has 3 heterocycles. The van der Waals surface area contributed by atoms with Crippen LogP contribution in [0.25, 0.3) is 5.69 Å². The van der Waals surface area contributed by atoms with Crippen LogP contribution in [0.2, 0.25) is 5.02 Å². The predicted octanol–water partition coefficient (Wildman–Crippen LogP) is 3.02. The molecule has 0 spiro atoms. The zero-order valence-corrected chi connectivity index (χ0v) is 15.7. The number of hydrogen-bond donors (Lipinski definition) is 1. The third-order valence-electron chi connectivity index (χ3n) is 4.88. The molecule has 1 amide bonds. The number of carbonyl (C=O) groups is 1. The van der Waals surface area contributed by atoms with Gasteiger partial charge in [-0.05, 0) is 42.8 Å². The van der Waals surface area contributed by atoms with E-state index in [0.29, 0.717) is 23.7 Å². The van der Waals surface area contributed by atoms with Crippen LogP contribution in [0.4, 0.5) is 0 Å². The highest BCUT2D eigenvalue weighted by molar-refractivity contribution is 6.30. The van der Waals surface area contributed by atoms with Crippen molar-refractivity contribution in [2.24, 2.45) is 0 Å². The summed E-state index contributed by atoms with van der Waals surface area (Å²) >= 11 is 5.97. The molecule has 0 radical (unpaired) electrons. The second-order valence-electron chi connectivity index (χ2n) is 6.54. The lowest BCUT2D eigenvalue weighted by molar-refractivity contribution is 0.0633. The highest BCUT2D eigenvalue weighted by atomic mass is 35.5. The molecule has 1 aromatic carbocycles. The van der Waals surface area contributed by atoms with Crippen LogP contribution < -0.4 is 5.32 Å². The maximum absolute atomic E-state index is 13.3. The molecule has 1 N–H and O–H groups in total. The van der Waals surface area contributed by atoms with E-state index in [2.05, 4.69) is 15.4 Å². The van der Waals surface area contributed by atoms with Gasteiger partial charge in [-0.3, -0.25) is 9.78 Å². The Hall–Kier alpha value is -2.70. The van der Waals surface area contributed by atoms with Crippen LogP contribution in [0.1, 0.15) is 27.7 Å². The Morgan fingerprint density at radius 3 is 2.78 bits per heavy atom. The molecule has 6 nitrogen and oxygen atoms in total. The summed E-state index contributed by atoms with van der Waals surface area (Å²) in [6.45, 7) is 4.04. The second kappa shape index (κ2) is 7.50. The van der Waals surface area contributed by atoms with Gasteiger partial charge in [0.05, 0.1) is 29.2 Å². The lowest BCUT2D eigenvalue weighted by Crippen LogP contribution is -2.48. The summed E-state index contributed by atoms with van der Waals surface area (Å²) in [5.74, 6) is -0.0110. The molecule has 138 valence electrons. The SMILES string of the molecule is Cc1c(C(=O)N2CCNCC2c2cccnc2)cnn1-c1ccc(Cl)cc1. The number of halogens is 1. The Kier molecular flexibility index (Phi) is 4.92. The molecule has 7 heteroatoms. The van der Waals surface area contributed by atoms with Crippen molar-refractivity contribution in [1.82, 2.24) is 25.0 Å². The summed E-state index contributed by atoms with van der Waals surface area (Å²) < 4.78 is 1.77. The summed E-state index contributed by atoms with van der Waals surface area (Å²) in [4.78, 5) is 19.4. The van der Waals surface area contributed by atoms with Crippen LogP contribution in [0.5, 0.6) is 0 Å². The van der Waals surface area contributed by atoms with Gasteiger partial charge in [-0.25, -0.2) is 4.68 Å². The van der Waals surface area contributed by atoms with Gasteiger partial charge in [-0.1, -0.05) is 17.7 Å². The number of rotatable bonds is 3. The standard InChI is InChI=1S/C20H20ClN5O/c1-14-18(12-24-26(14)17-6-4-16(21)5-7-17)20(27)25-10-9-23-13-19(25)15-3-2-8-22-11-15/h2-8,11-12,19,23H,9-10,13H2,1H3. The summed E-state index contributed by atoms with van der Waals surface area (Å²) in [6.07, 6.45) is 5.21. The van der Waals surface area contributed by atoms with Crippen molar-refractivity contribution >= 4 is 17.5 Å². The van der Waals surface area contributed by atoms with Gasteiger partial charge in [0.25, 0.3) is 5.91 Å². The molecule has 1 aliphatic rings. The van der Waals surface area contributed by atoms with Gasteiger partial charge in [0.2, 0.25) is 0 Å². The van der Waals surface area contributed by atoms with E-state index in [1.165, 1.54) is 0 Å². The first kappa shape index (κ1) is 17.7. The fourth-order valence-electron chi connectivity index (χ4n) is 3.44. The second-order valence-corrected chi connectivity index (χ2v) is 6.97. The fourth-order valence-corrected chi connectivity index (χ4v) is 3.56. The van der Waals surface area contributed by atoms with Crippen LogP contribution in [-0.2, 0) is 0 Å². The molecule has 1 atom stereocenters. The van der Waals surface area contributed by atoms with Crippen molar-refractivity contribution in [3.63, 3.8) is 0 Å². The van der Waals surface area contributed by atoms with Crippen LogP contribution >= 0.6 is 11.6 Å². The van der Waals surface area contributed by atoms with Gasteiger partial charge in [-0.2, -0.15) is 5.10 Å². The monoisotopic (exact) mass is 381 g/mol. The zero-order chi connectivity index (χ0) is 18.8. The molecule has 0 bridgehead atoms. The number of nitrogens with one attached hydrogen (secondary N) is 1. The third kappa shape index (κ3) is 3.46. The van der Waals surface area contributed by atoms with E-state index in [0.717, 1.165) is 23.5 Å². The number of amides is 1. The van der Waals surface area contributed by atoms with Crippen LogP contribution in [0, 0.1) is 6.92 Å². The average molecular weight is 382 g/mol. The normalized spacial score (nSPS) is 17.1. The van der Waals surface area contributed by atoms with Crippen molar-refractivity contribution in [1.29, 1.82) is 0 Å². The first-order chi connectivity index (χ1) is 13.1. The number of pyridine rings is 1. The summed E-state index contributed by atoms with van der Waals surface area (Å²) in [5.41, 5.74) is 3.33. The minimum atomic E-state index is -0.0433. The van der Waals surface area contributed by atoms with E-state index in [1.807, 2.05) is 54.4 Å². The van der Waals surface area contributed by atoms with Crippen LogP contribution in [-0.4, -0.2) is 45.2 Å². The lowest BCUT2D eigenvalue weighted by Gasteiger charge is -2.36. The maximum Gasteiger partial charge on any atom is 0.257 e. The summed E-state index contributed by atoms with van der Waals surface area (Å²) in [6, 6.07) is 11.3. The smallest absolute Gasteiger partial charge is 0.257 e. The van der Waals surface area contributed by atoms with Gasteiger partial charge in [-0.15, -0.1) is 0 Å². The largest absolute Gasteiger partial charge is 0.329 e. The molecule has 0 saturated carbocycles. The van der Waals surface area contributed by atoms with Crippen molar-refractivity contribution in [2.45, 2.75) is 13.0 Å². The quantitative estimate of drug-likeness (QED) is 0.757. The van der Waals surface area contributed by atoms with Gasteiger partial charge in [0, 0.05) is 37.1 Å². The average Bonchev–Trinajstić information content (AvgIpc) is 3.10. The third-order valence-corrected chi connectivity index (χ3v) is 5.14. The van der Waals surface area contributed by atoms with Crippen molar-refractivity contribution in [3.8, 4) is 5.69 Å². The number of benzene rings is 1. The van der Waals surface area contributed by atoms with Crippen molar-refractivity contribution in [2.75, 3.05) is 19.6 Å². The highest BCUT2D eigenvalue weighted by Crippen LogP contribution is 2.25. The van der Waals surface area contributed by atoms with E-state index in [9.17, 15) is 4.79 Å². The Morgan fingerprint density at radius 2 is 2.04 bits per heavy atom. The van der Waals surface area contributed by atoms with E-state index in [1.54, 1.807) is 17.1 Å². The topological polar surface area (TPSA) is 63.1 Å². The number of hydrogen-bond acceptors (Lipinski definition) is 4. The minimum absolute atomic E-state index is 0.0110. The summed E-state index contributed by atoms with van der Waals surface area (Å²) in [5, 5.41) is 8.46. The molecular formula is C20H20ClN5O. The lowest BCUT2D eigenvalue weighted by atomic mass is 10.0. The maximum atomic E-state index is 13.3. The highest BCUT2D eigenvalue weighted by Gasteiger charge is 2.30. The fraction of sp³-hybridized carbons (Fsp3) is 0.250. The minimum Gasteiger partial charge on any atom is -0.329 e. The van der Waals surface area contributed by atoms with E-state index < -0.39 is 0 Å². The Labute approximate surface area is 162 Å². The Balaban J connectivity index is 1.65. The molecule has 1 fully saturated rings. The first-order valence-corrected chi connectivity index (χ1v) is 9.25. The number of carbonyl (C=O) groups excluding carboxylic acids is 1. The summed E-state index contributed by atoms with van der Waals surface area (Å²) in [7, 11) is 0. The van der Waals surface area contributed by atoms with E-state index >= 15 is 0 Å². The molecular weight excluding hydrogens is 362 g/mol. The zero-order valence-electron chi connectivity index (χ0n) is 15.0. The van der Waals surface area contributed by atoms with Crippen LogP contribution in [0.3, 0.4) is 0 Å². The molecule has 1 unspecified atom stereocenters. The number of aromatic nitrogens is 3. The predicted molar refractivity (Wildman–Crippen MR) is 104 cm³/mol. The molecule has 27 heavy (non-hydrogen) atoms. The molecule has 1 aliphatic heterocycles. The molecule has 1 saturated heterocycles. The van der Waals surface area contributed by atoms with Gasteiger partial charge < -0.3 is 10.2 Å². The Bertz CT molecular complexity index is 939. The molecule has 3 aromatic rings. The van der Waals surface area contributed by atoms with Gasteiger partial charge in [0.1, 0.15) is 0 Å².